The number of benzene rings is 1. The van der Waals surface area contributed by atoms with Crippen LogP contribution in [-0.4, -0.2) is 46.3 Å². The third-order valence-electron chi connectivity index (χ3n) is 6.85. The second-order valence-corrected chi connectivity index (χ2v) is 9.42. The van der Waals surface area contributed by atoms with Crippen LogP contribution in [0, 0.1) is 31.6 Å². The van der Waals surface area contributed by atoms with Crippen LogP contribution >= 0.6 is 0 Å². The van der Waals surface area contributed by atoms with E-state index < -0.39 is 0 Å². The van der Waals surface area contributed by atoms with Crippen molar-refractivity contribution in [2.75, 3.05) is 30.3 Å². The highest BCUT2D eigenvalue weighted by Crippen LogP contribution is 2.41. The number of rotatable bonds is 6. The molecule has 2 fully saturated rings. The summed E-state index contributed by atoms with van der Waals surface area (Å²) in [5.74, 6) is 1.77. The van der Waals surface area contributed by atoms with Gasteiger partial charge in [-0.3, -0.25) is 14.5 Å². The van der Waals surface area contributed by atoms with E-state index in [0.29, 0.717) is 30.0 Å². The molecule has 0 radical (unpaired) electrons. The lowest BCUT2D eigenvalue weighted by atomic mass is 9.72. The maximum atomic E-state index is 12.7. The summed E-state index contributed by atoms with van der Waals surface area (Å²) in [6.45, 7) is 7.78. The molecule has 7 heteroatoms. The summed E-state index contributed by atoms with van der Waals surface area (Å²) < 4.78 is 0. The van der Waals surface area contributed by atoms with Crippen molar-refractivity contribution in [3.63, 3.8) is 0 Å². The lowest BCUT2D eigenvalue weighted by molar-refractivity contribution is -0.117. The maximum Gasteiger partial charge on any atom is 0.238 e. The van der Waals surface area contributed by atoms with Gasteiger partial charge in [-0.1, -0.05) is 12.5 Å². The van der Waals surface area contributed by atoms with Crippen molar-refractivity contribution in [1.82, 2.24) is 14.9 Å². The Morgan fingerprint density at radius 3 is 2.72 bits per heavy atom. The van der Waals surface area contributed by atoms with Gasteiger partial charge in [-0.25, -0.2) is 9.97 Å². The van der Waals surface area contributed by atoms with Gasteiger partial charge in [-0.2, -0.15) is 0 Å². The van der Waals surface area contributed by atoms with Crippen LogP contribution in [0.2, 0.25) is 0 Å². The standard InChI is InChI=1S/C25H33N5O2/c1-16-7-8-21(11-24(16)28-18(3)31)29-25(32)14-30-12-20-6-4-5-19(23(20)13-30)10-22-9-17(2)26-15-27-22/h7-9,11,15,19-20,23H,4-6,10,12-14H2,1-3H3,(H,28,31)(H,29,32)/t19-,20-,23-/m1/s1. The van der Waals surface area contributed by atoms with E-state index in [2.05, 4.69) is 31.6 Å². The molecule has 0 unspecified atom stereocenters. The molecule has 1 saturated carbocycles. The number of nitrogens with one attached hydrogen (secondary N) is 2. The SMILES string of the molecule is CC(=O)Nc1cc(NC(=O)CN2C[C@H]3CCC[C@H](Cc4cc(C)ncn4)[C@H]3C2)ccc1C. The van der Waals surface area contributed by atoms with Gasteiger partial charge in [0.05, 0.1) is 6.54 Å². The van der Waals surface area contributed by atoms with Gasteiger partial charge in [0.2, 0.25) is 11.8 Å². The predicted octanol–water partition coefficient (Wildman–Crippen LogP) is 3.58. The Kier molecular flexibility index (Phi) is 6.84. The highest BCUT2D eigenvalue weighted by atomic mass is 16.2. The van der Waals surface area contributed by atoms with Crippen LogP contribution in [0.15, 0.2) is 30.6 Å². The first kappa shape index (κ1) is 22.4. The Morgan fingerprint density at radius 1 is 1.09 bits per heavy atom. The van der Waals surface area contributed by atoms with Crippen molar-refractivity contribution in [2.24, 2.45) is 17.8 Å². The Balaban J connectivity index is 1.34. The number of hydrogen-bond acceptors (Lipinski definition) is 5. The van der Waals surface area contributed by atoms with Crippen molar-refractivity contribution in [1.29, 1.82) is 0 Å². The van der Waals surface area contributed by atoms with Gasteiger partial charge in [0.1, 0.15) is 6.33 Å². The van der Waals surface area contributed by atoms with Gasteiger partial charge in [0.25, 0.3) is 0 Å². The summed E-state index contributed by atoms with van der Waals surface area (Å²) >= 11 is 0. The summed E-state index contributed by atoms with van der Waals surface area (Å²) in [7, 11) is 0. The van der Waals surface area contributed by atoms with Crippen LogP contribution in [0.5, 0.6) is 0 Å². The van der Waals surface area contributed by atoms with Gasteiger partial charge in [0.15, 0.2) is 0 Å². The average Bonchev–Trinajstić information content (AvgIpc) is 3.13. The molecule has 32 heavy (non-hydrogen) atoms. The average molecular weight is 436 g/mol. The maximum absolute atomic E-state index is 12.7. The first-order valence-electron chi connectivity index (χ1n) is 11.6. The number of fused-ring (bicyclic) bond motifs is 1. The monoisotopic (exact) mass is 435 g/mol. The molecule has 2 N–H and O–H groups in total. The Bertz CT molecular complexity index is 992. The fourth-order valence-electron chi connectivity index (χ4n) is 5.38. The highest BCUT2D eigenvalue weighted by Gasteiger charge is 2.40. The summed E-state index contributed by atoms with van der Waals surface area (Å²) in [6, 6.07) is 7.70. The first-order chi connectivity index (χ1) is 15.4. The number of aryl methyl sites for hydroxylation is 2. The molecule has 170 valence electrons. The minimum atomic E-state index is -0.122. The minimum Gasteiger partial charge on any atom is -0.326 e. The predicted molar refractivity (Wildman–Crippen MR) is 125 cm³/mol. The quantitative estimate of drug-likeness (QED) is 0.724. The minimum absolute atomic E-state index is 0.00995. The smallest absolute Gasteiger partial charge is 0.238 e. The number of amides is 2. The molecular weight excluding hydrogens is 402 g/mol. The van der Waals surface area contributed by atoms with Gasteiger partial charge < -0.3 is 10.6 Å². The molecule has 2 amide bonds. The van der Waals surface area contributed by atoms with Crippen molar-refractivity contribution in [3.8, 4) is 0 Å². The van der Waals surface area contributed by atoms with E-state index in [0.717, 1.165) is 42.1 Å². The molecule has 1 aliphatic heterocycles. The molecule has 0 spiro atoms. The fraction of sp³-hybridized carbons (Fsp3) is 0.520. The summed E-state index contributed by atoms with van der Waals surface area (Å²) in [6.07, 6.45) is 6.41. The summed E-state index contributed by atoms with van der Waals surface area (Å²) in [4.78, 5) is 35.1. The van der Waals surface area contributed by atoms with Crippen molar-refractivity contribution < 1.29 is 9.59 Å². The molecule has 2 aromatic rings. The zero-order valence-corrected chi connectivity index (χ0v) is 19.2. The Morgan fingerprint density at radius 2 is 1.94 bits per heavy atom. The van der Waals surface area contributed by atoms with Crippen molar-refractivity contribution >= 4 is 23.2 Å². The third-order valence-corrected chi connectivity index (χ3v) is 6.85. The van der Waals surface area contributed by atoms with Crippen LogP contribution in [-0.2, 0) is 16.0 Å². The van der Waals surface area contributed by atoms with Gasteiger partial charge >= 0.3 is 0 Å². The number of nitrogens with zero attached hydrogens (tertiary/aromatic N) is 3. The Labute approximate surface area is 190 Å². The highest BCUT2D eigenvalue weighted by molar-refractivity contribution is 5.94. The zero-order chi connectivity index (χ0) is 22.7. The lowest BCUT2D eigenvalue weighted by Gasteiger charge is -2.33. The Hall–Kier alpha value is -2.80. The number of anilines is 2. The van der Waals surface area contributed by atoms with Crippen LogP contribution in [0.25, 0.3) is 0 Å². The van der Waals surface area contributed by atoms with Crippen molar-refractivity contribution in [2.45, 2.75) is 46.5 Å². The normalized spacial score (nSPS) is 22.9. The van der Waals surface area contributed by atoms with E-state index >= 15 is 0 Å². The molecule has 1 aromatic carbocycles. The number of aromatic nitrogens is 2. The number of hydrogen-bond donors (Lipinski definition) is 2. The first-order valence-corrected chi connectivity index (χ1v) is 11.6. The van der Waals surface area contributed by atoms with E-state index in [1.54, 1.807) is 6.33 Å². The van der Waals surface area contributed by atoms with Gasteiger partial charge in [0, 0.05) is 42.8 Å². The van der Waals surface area contributed by atoms with Crippen molar-refractivity contribution in [3.05, 3.63) is 47.5 Å². The molecule has 2 heterocycles. The van der Waals surface area contributed by atoms with E-state index in [1.807, 2.05) is 32.0 Å². The van der Waals surface area contributed by atoms with Gasteiger partial charge in [-0.15, -0.1) is 0 Å². The second kappa shape index (κ2) is 9.77. The molecule has 3 atom stereocenters. The molecule has 7 nitrogen and oxygen atoms in total. The lowest BCUT2D eigenvalue weighted by Crippen LogP contribution is -2.32. The van der Waals surface area contributed by atoms with Crippen LogP contribution in [0.3, 0.4) is 0 Å². The fourth-order valence-corrected chi connectivity index (χ4v) is 5.38. The summed E-state index contributed by atoms with van der Waals surface area (Å²) in [5.41, 5.74) is 4.55. The van der Waals surface area contributed by atoms with E-state index in [9.17, 15) is 9.59 Å². The van der Waals surface area contributed by atoms with Crippen LogP contribution < -0.4 is 10.6 Å². The molecule has 1 saturated heterocycles. The molecule has 0 bridgehead atoms. The van der Waals surface area contributed by atoms with Gasteiger partial charge in [-0.05, 0) is 74.6 Å². The largest absolute Gasteiger partial charge is 0.326 e. The summed E-state index contributed by atoms with van der Waals surface area (Å²) in [5, 5.41) is 5.81. The molecule has 2 aliphatic rings. The van der Waals surface area contributed by atoms with Crippen LogP contribution in [0.4, 0.5) is 11.4 Å². The van der Waals surface area contributed by atoms with E-state index in [1.165, 1.54) is 26.2 Å². The topological polar surface area (TPSA) is 87.2 Å². The number of likely N-dealkylation sites (tertiary alicyclic amines) is 1. The number of carbonyl (C=O) groups excluding carboxylic acids is 2. The van der Waals surface area contributed by atoms with E-state index in [4.69, 9.17) is 0 Å². The molecule has 1 aromatic heterocycles. The van der Waals surface area contributed by atoms with Crippen LogP contribution in [0.1, 0.15) is 43.1 Å². The van der Waals surface area contributed by atoms with E-state index in [-0.39, 0.29) is 11.8 Å². The molecular formula is C25H33N5O2. The third kappa shape index (κ3) is 5.51. The molecule has 1 aliphatic carbocycles. The molecule has 4 rings (SSSR count). The second-order valence-electron chi connectivity index (χ2n) is 9.42. The number of carbonyl (C=O) groups is 2. The zero-order valence-electron chi connectivity index (χ0n) is 19.2.